The summed E-state index contributed by atoms with van der Waals surface area (Å²) in [7, 11) is -9.93. The van der Waals surface area contributed by atoms with E-state index in [0.717, 1.165) is 103 Å². The zero-order valence-corrected chi connectivity index (χ0v) is 67.2. The molecule has 0 aliphatic rings. The van der Waals surface area contributed by atoms with Gasteiger partial charge in [-0.15, -0.1) is 0 Å². The Balaban J connectivity index is 5.24. The maximum Gasteiger partial charge on any atom is 0.472 e. The lowest BCUT2D eigenvalue weighted by Crippen LogP contribution is -2.30. The topological polar surface area (TPSA) is 237 Å². The van der Waals surface area contributed by atoms with Crippen LogP contribution in [0.4, 0.5) is 0 Å². The SMILES string of the molecule is CCCCCC/C=C\C=C/CCCCCCCC(=O)O[C@H](COC(=O)CCCCCCCCCCC)COP(=O)(O)OC[C@H](O)COP(=O)(O)OC[C@@H](COC(=O)CCCCCCCCCCCCCCCCCCC)OC(=O)CCCCCCCCCCCCCCCCCCCCCC. The van der Waals surface area contributed by atoms with Crippen LogP contribution in [0.1, 0.15) is 419 Å². The second kappa shape index (κ2) is 75.8. The van der Waals surface area contributed by atoms with Crippen LogP contribution in [0.2, 0.25) is 0 Å². The third-order valence-electron chi connectivity index (χ3n) is 18.7. The van der Waals surface area contributed by atoms with Crippen LogP contribution in [-0.2, 0) is 65.4 Å². The van der Waals surface area contributed by atoms with Gasteiger partial charge in [-0.2, -0.15) is 0 Å². The Labute approximate surface area is 618 Å². The molecule has 0 aromatic heterocycles. The van der Waals surface area contributed by atoms with E-state index in [0.29, 0.717) is 25.7 Å². The highest BCUT2D eigenvalue weighted by Crippen LogP contribution is 2.45. The molecule has 0 heterocycles. The molecule has 0 amide bonds. The Morgan fingerprint density at radius 1 is 0.277 bits per heavy atom. The van der Waals surface area contributed by atoms with Gasteiger partial charge in [0.1, 0.15) is 19.3 Å². The van der Waals surface area contributed by atoms with Gasteiger partial charge in [0.05, 0.1) is 26.4 Å². The molecule has 0 fully saturated rings. The van der Waals surface area contributed by atoms with E-state index in [9.17, 15) is 43.2 Å². The summed E-state index contributed by atoms with van der Waals surface area (Å²) in [5.41, 5.74) is 0. The standard InChI is InChI=1S/C82H156O17P2/c1-5-9-13-17-21-25-28-31-34-36-37-38-40-43-46-49-53-57-61-65-69-82(87)99-78(73-93-80(85)67-63-59-55-51-47-44-42-39-35-32-29-26-22-18-14-10-6-2)75-97-101(90,91)95-71-76(83)70-94-100(88,89)96-74-77(72-92-79(84)66-62-58-54-50-24-20-16-12-8-4)98-81(86)68-64-60-56-52-48-45-41-33-30-27-23-19-15-11-7-3/h27,30,33,41,76-78,83H,5-26,28-29,31-32,34-40,42-75H2,1-4H3,(H,88,89)(H,90,91)/b30-27-,41-33-/t76-,77+,78+/m0/s1. The third-order valence-corrected chi connectivity index (χ3v) is 20.6. The highest BCUT2D eigenvalue weighted by atomic mass is 31.2. The normalized spacial score (nSPS) is 13.9. The number of aliphatic hydroxyl groups is 1. The minimum absolute atomic E-state index is 0.0857. The molecule has 17 nitrogen and oxygen atoms in total. The van der Waals surface area contributed by atoms with Crippen molar-refractivity contribution in [3.8, 4) is 0 Å². The monoisotopic (exact) mass is 1480 g/mol. The van der Waals surface area contributed by atoms with Crippen molar-refractivity contribution in [2.45, 2.75) is 438 Å². The minimum atomic E-state index is -4.97. The molecular weight excluding hydrogens is 1320 g/mol. The lowest BCUT2D eigenvalue weighted by Gasteiger charge is -2.21. The van der Waals surface area contributed by atoms with E-state index in [1.54, 1.807) is 0 Å². The molecule has 2 unspecified atom stereocenters. The number of hydrogen-bond donors (Lipinski definition) is 3. The Kier molecular flexibility index (Phi) is 73.9. The van der Waals surface area contributed by atoms with Crippen LogP contribution in [0.3, 0.4) is 0 Å². The molecule has 5 atom stereocenters. The molecule has 0 saturated heterocycles. The number of phosphoric ester groups is 2. The summed E-state index contributed by atoms with van der Waals surface area (Å²) in [6.45, 7) is 4.95. The number of unbranched alkanes of at least 4 members (excludes halogenated alkanes) is 52. The van der Waals surface area contributed by atoms with Gasteiger partial charge >= 0.3 is 39.5 Å². The van der Waals surface area contributed by atoms with E-state index < -0.39 is 97.5 Å². The van der Waals surface area contributed by atoms with E-state index in [-0.39, 0.29) is 25.7 Å². The number of aliphatic hydroxyl groups excluding tert-OH is 1. The molecule has 3 N–H and O–H groups in total. The largest absolute Gasteiger partial charge is 0.472 e. The van der Waals surface area contributed by atoms with E-state index >= 15 is 0 Å². The van der Waals surface area contributed by atoms with Gasteiger partial charge < -0.3 is 33.8 Å². The van der Waals surface area contributed by atoms with Crippen molar-refractivity contribution in [3.63, 3.8) is 0 Å². The molecular formula is C82H156O17P2. The summed E-state index contributed by atoms with van der Waals surface area (Å²) < 4.78 is 68.7. The number of phosphoric acid groups is 2. The summed E-state index contributed by atoms with van der Waals surface area (Å²) in [6, 6.07) is 0. The first kappa shape index (κ1) is 98.5. The van der Waals surface area contributed by atoms with E-state index in [2.05, 4.69) is 52.0 Å². The third kappa shape index (κ3) is 75.6. The minimum Gasteiger partial charge on any atom is -0.462 e. The lowest BCUT2D eigenvalue weighted by atomic mass is 10.0. The highest BCUT2D eigenvalue weighted by Gasteiger charge is 2.30. The smallest absolute Gasteiger partial charge is 0.462 e. The fourth-order valence-electron chi connectivity index (χ4n) is 12.3. The second-order valence-corrected chi connectivity index (χ2v) is 31.7. The van der Waals surface area contributed by atoms with Crippen LogP contribution in [0.5, 0.6) is 0 Å². The number of ether oxygens (including phenoxy) is 4. The fourth-order valence-corrected chi connectivity index (χ4v) is 13.9. The number of allylic oxidation sites excluding steroid dienone is 4. The van der Waals surface area contributed by atoms with Gasteiger partial charge in [-0.3, -0.25) is 37.3 Å². The Morgan fingerprint density at radius 2 is 0.475 bits per heavy atom. The molecule has 19 heteroatoms. The van der Waals surface area contributed by atoms with Crippen molar-refractivity contribution in [2.24, 2.45) is 0 Å². The number of carbonyl (C=O) groups excluding carboxylic acids is 4. The van der Waals surface area contributed by atoms with E-state index in [4.69, 9.17) is 37.0 Å². The highest BCUT2D eigenvalue weighted by molar-refractivity contribution is 7.47. The van der Waals surface area contributed by atoms with Crippen molar-refractivity contribution in [3.05, 3.63) is 24.3 Å². The van der Waals surface area contributed by atoms with Crippen LogP contribution in [-0.4, -0.2) is 96.7 Å². The fraction of sp³-hybridized carbons (Fsp3) is 0.902. The first-order valence-corrected chi connectivity index (χ1v) is 45.1. The van der Waals surface area contributed by atoms with Gasteiger partial charge in [0.15, 0.2) is 12.2 Å². The predicted octanol–water partition coefficient (Wildman–Crippen LogP) is 24.5. The first-order chi connectivity index (χ1) is 49.2. The van der Waals surface area contributed by atoms with Crippen LogP contribution < -0.4 is 0 Å². The van der Waals surface area contributed by atoms with Gasteiger partial charge in [-0.05, 0) is 51.4 Å². The van der Waals surface area contributed by atoms with Crippen LogP contribution in [0, 0.1) is 0 Å². The zero-order valence-electron chi connectivity index (χ0n) is 65.4. The summed E-state index contributed by atoms with van der Waals surface area (Å²) in [4.78, 5) is 73.0. The average Bonchev–Trinajstić information content (AvgIpc) is 0.957. The molecule has 101 heavy (non-hydrogen) atoms. The molecule has 0 aromatic carbocycles. The number of carbonyl (C=O) groups is 4. The van der Waals surface area contributed by atoms with Crippen molar-refractivity contribution in [2.75, 3.05) is 39.6 Å². The molecule has 0 saturated carbocycles. The van der Waals surface area contributed by atoms with Gasteiger partial charge in [-0.25, -0.2) is 9.13 Å². The Morgan fingerprint density at radius 3 is 0.723 bits per heavy atom. The van der Waals surface area contributed by atoms with E-state index in [1.807, 2.05) is 0 Å². The Bertz CT molecular complexity index is 2010. The molecule has 0 radical (unpaired) electrons. The van der Waals surface area contributed by atoms with Crippen molar-refractivity contribution < 1.29 is 80.2 Å². The van der Waals surface area contributed by atoms with E-state index in [1.165, 1.54) is 238 Å². The van der Waals surface area contributed by atoms with Gasteiger partial charge in [-0.1, -0.05) is 367 Å². The van der Waals surface area contributed by atoms with Crippen molar-refractivity contribution in [1.29, 1.82) is 0 Å². The lowest BCUT2D eigenvalue weighted by molar-refractivity contribution is -0.161. The first-order valence-electron chi connectivity index (χ1n) is 42.1. The molecule has 0 aromatic rings. The zero-order chi connectivity index (χ0) is 73.9. The molecule has 0 aliphatic heterocycles. The maximum atomic E-state index is 13.1. The summed E-state index contributed by atoms with van der Waals surface area (Å²) in [5.74, 6) is -2.14. The molecule has 0 bridgehead atoms. The number of rotatable bonds is 81. The molecule has 596 valence electrons. The van der Waals surface area contributed by atoms with Crippen LogP contribution >= 0.6 is 15.6 Å². The molecule has 0 aliphatic carbocycles. The quantitative estimate of drug-likeness (QED) is 0.0169. The van der Waals surface area contributed by atoms with Gasteiger partial charge in [0.25, 0.3) is 0 Å². The summed E-state index contributed by atoms with van der Waals surface area (Å²) >= 11 is 0. The van der Waals surface area contributed by atoms with Gasteiger partial charge in [0.2, 0.25) is 0 Å². The van der Waals surface area contributed by atoms with Crippen molar-refractivity contribution in [1.82, 2.24) is 0 Å². The van der Waals surface area contributed by atoms with Gasteiger partial charge in [0, 0.05) is 25.7 Å². The predicted molar refractivity (Wildman–Crippen MR) is 414 cm³/mol. The number of hydrogen-bond acceptors (Lipinski definition) is 15. The summed E-state index contributed by atoms with van der Waals surface area (Å²) in [5, 5.41) is 10.6. The maximum absolute atomic E-state index is 13.1. The summed E-state index contributed by atoms with van der Waals surface area (Å²) in [6.07, 6.45) is 71.6. The van der Waals surface area contributed by atoms with Crippen molar-refractivity contribution >= 4 is 39.5 Å². The second-order valence-electron chi connectivity index (χ2n) is 28.8. The van der Waals surface area contributed by atoms with Crippen LogP contribution in [0.15, 0.2) is 24.3 Å². The van der Waals surface area contributed by atoms with Crippen LogP contribution in [0.25, 0.3) is 0 Å². The number of esters is 4. The average molecular weight is 1480 g/mol. The molecule has 0 spiro atoms. The molecule has 0 rings (SSSR count). The Hall–Kier alpha value is -2.46.